The second-order valence-corrected chi connectivity index (χ2v) is 6.52. The molecule has 2 atom stereocenters. The third-order valence-corrected chi connectivity index (χ3v) is 4.74. The van der Waals surface area contributed by atoms with E-state index in [1.807, 2.05) is 18.2 Å². The van der Waals surface area contributed by atoms with E-state index in [1.54, 1.807) is 0 Å². The van der Waals surface area contributed by atoms with Crippen LogP contribution in [-0.4, -0.2) is 19.0 Å². The van der Waals surface area contributed by atoms with Crippen LogP contribution in [0.5, 0.6) is 0 Å². The lowest BCUT2D eigenvalue weighted by Crippen LogP contribution is -2.51. The van der Waals surface area contributed by atoms with Gasteiger partial charge in [-0.3, -0.25) is 4.79 Å². The van der Waals surface area contributed by atoms with Crippen molar-refractivity contribution in [2.75, 3.05) is 13.1 Å². The van der Waals surface area contributed by atoms with Crippen LogP contribution in [0.2, 0.25) is 0 Å². The topological polar surface area (TPSA) is 41.1 Å². The Morgan fingerprint density at radius 1 is 1.33 bits per heavy atom. The molecule has 0 spiro atoms. The Bertz CT molecular complexity index is 450. The lowest BCUT2D eigenvalue weighted by Gasteiger charge is -2.37. The SMILES string of the molecule is CCC1(C(=O)NC(c2ccccc2)C(C)C)CCCNC1. The molecule has 1 aromatic rings. The molecule has 0 aromatic heterocycles. The monoisotopic (exact) mass is 288 g/mol. The molecule has 0 bridgehead atoms. The fraction of sp³-hybridized carbons (Fsp3) is 0.611. The second kappa shape index (κ2) is 7.08. The molecule has 1 aliphatic heterocycles. The van der Waals surface area contributed by atoms with Crippen molar-refractivity contribution in [2.45, 2.75) is 46.1 Å². The first-order valence-corrected chi connectivity index (χ1v) is 8.16. The fourth-order valence-corrected chi connectivity index (χ4v) is 3.21. The van der Waals surface area contributed by atoms with Crippen LogP contribution >= 0.6 is 0 Å². The maximum absolute atomic E-state index is 12.9. The zero-order valence-corrected chi connectivity index (χ0v) is 13.5. The molecular weight excluding hydrogens is 260 g/mol. The molecule has 1 aromatic carbocycles. The van der Waals surface area contributed by atoms with Crippen LogP contribution < -0.4 is 10.6 Å². The van der Waals surface area contributed by atoms with Gasteiger partial charge in [0.05, 0.1) is 11.5 Å². The smallest absolute Gasteiger partial charge is 0.227 e. The Hall–Kier alpha value is -1.35. The number of hydrogen-bond donors (Lipinski definition) is 2. The normalized spacial score (nSPS) is 23.8. The van der Waals surface area contributed by atoms with Crippen molar-refractivity contribution in [1.29, 1.82) is 0 Å². The summed E-state index contributed by atoms with van der Waals surface area (Å²) in [6.45, 7) is 8.28. The van der Waals surface area contributed by atoms with Gasteiger partial charge in [0.2, 0.25) is 5.91 Å². The van der Waals surface area contributed by atoms with E-state index in [0.29, 0.717) is 5.92 Å². The second-order valence-electron chi connectivity index (χ2n) is 6.52. The number of carbonyl (C=O) groups excluding carboxylic acids is 1. The minimum atomic E-state index is -0.236. The maximum Gasteiger partial charge on any atom is 0.227 e. The van der Waals surface area contributed by atoms with Crippen LogP contribution in [0.3, 0.4) is 0 Å². The highest BCUT2D eigenvalue weighted by atomic mass is 16.2. The van der Waals surface area contributed by atoms with E-state index < -0.39 is 0 Å². The van der Waals surface area contributed by atoms with Crippen LogP contribution in [-0.2, 0) is 4.79 Å². The Labute approximate surface area is 128 Å². The van der Waals surface area contributed by atoms with Gasteiger partial charge in [-0.25, -0.2) is 0 Å². The molecule has 1 heterocycles. The van der Waals surface area contributed by atoms with Crippen LogP contribution in [0.4, 0.5) is 0 Å². The zero-order chi connectivity index (χ0) is 15.3. The molecule has 0 saturated carbocycles. The summed E-state index contributed by atoms with van der Waals surface area (Å²) in [6.07, 6.45) is 2.96. The summed E-state index contributed by atoms with van der Waals surface area (Å²) in [6, 6.07) is 10.4. The summed E-state index contributed by atoms with van der Waals surface area (Å²) >= 11 is 0. The molecule has 3 nitrogen and oxygen atoms in total. The molecule has 21 heavy (non-hydrogen) atoms. The number of amides is 1. The van der Waals surface area contributed by atoms with Gasteiger partial charge in [-0.15, -0.1) is 0 Å². The Kier molecular flexibility index (Phi) is 5.40. The lowest BCUT2D eigenvalue weighted by molar-refractivity contribution is -0.133. The van der Waals surface area contributed by atoms with E-state index in [-0.39, 0.29) is 17.4 Å². The van der Waals surface area contributed by atoms with Crippen LogP contribution in [0.15, 0.2) is 30.3 Å². The average molecular weight is 288 g/mol. The summed E-state index contributed by atoms with van der Waals surface area (Å²) < 4.78 is 0. The van der Waals surface area contributed by atoms with Crippen molar-refractivity contribution in [3.05, 3.63) is 35.9 Å². The molecule has 1 saturated heterocycles. The highest BCUT2D eigenvalue weighted by Gasteiger charge is 2.39. The summed E-state index contributed by atoms with van der Waals surface area (Å²) in [5, 5.41) is 6.70. The molecule has 2 unspecified atom stereocenters. The van der Waals surface area contributed by atoms with E-state index in [9.17, 15) is 4.79 Å². The molecule has 1 fully saturated rings. The van der Waals surface area contributed by atoms with Gasteiger partial charge < -0.3 is 10.6 Å². The Morgan fingerprint density at radius 2 is 2.05 bits per heavy atom. The molecular formula is C18H28N2O. The molecule has 3 heteroatoms. The van der Waals surface area contributed by atoms with E-state index >= 15 is 0 Å². The lowest BCUT2D eigenvalue weighted by atomic mass is 9.77. The number of benzene rings is 1. The minimum absolute atomic E-state index is 0.0871. The van der Waals surface area contributed by atoms with Crippen molar-refractivity contribution < 1.29 is 4.79 Å². The van der Waals surface area contributed by atoms with E-state index in [0.717, 1.165) is 32.4 Å². The van der Waals surface area contributed by atoms with Gasteiger partial charge in [0.25, 0.3) is 0 Å². The van der Waals surface area contributed by atoms with Gasteiger partial charge in [-0.2, -0.15) is 0 Å². The Balaban J connectivity index is 2.14. The summed E-state index contributed by atoms with van der Waals surface area (Å²) in [5.41, 5.74) is 0.955. The highest BCUT2D eigenvalue weighted by molar-refractivity contribution is 5.83. The number of rotatable bonds is 5. The largest absolute Gasteiger partial charge is 0.349 e. The van der Waals surface area contributed by atoms with Gasteiger partial charge >= 0.3 is 0 Å². The van der Waals surface area contributed by atoms with Crippen LogP contribution in [0.1, 0.15) is 51.6 Å². The number of piperidine rings is 1. The summed E-state index contributed by atoms with van der Waals surface area (Å²) in [7, 11) is 0. The predicted octanol–water partition coefficient (Wildman–Crippen LogP) is 3.28. The van der Waals surface area contributed by atoms with Crippen molar-refractivity contribution in [2.24, 2.45) is 11.3 Å². The highest BCUT2D eigenvalue weighted by Crippen LogP contribution is 2.32. The van der Waals surface area contributed by atoms with Crippen LogP contribution in [0.25, 0.3) is 0 Å². The fourth-order valence-electron chi connectivity index (χ4n) is 3.21. The molecule has 0 aliphatic carbocycles. The quantitative estimate of drug-likeness (QED) is 0.873. The van der Waals surface area contributed by atoms with E-state index in [1.165, 1.54) is 5.56 Å². The Morgan fingerprint density at radius 3 is 2.57 bits per heavy atom. The average Bonchev–Trinajstić information content (AvgIpc) is 2.53. The number of carbonyl (C=O) groups is 1. The summed E-state index contributed by atoms with van der Waals surface area (Å²) in [4.78, 5) is 12.9. The van der Waals surface area contributed by atoms with E-state index in [2.05, 4.69) is 43.5 Å². The number of nitrogens with one attached hydrogen (secondary N) is 2. The molecule has 1 aliphatic rings. The number of hydrogen-bond acceptors (Lipinski definition) is 2. The predicted molar refractivity (Wildman–Crippen MR) is 87.0 cm³/mol. The molecule has 0 radical (unpaired) electrons. The van der Waals surface area contributed by atoms with Gasteiger partial charge in [0, 0.05) is 6.54 Å². The van der Waals surface area contributed by atoms with Crippen molar-refractivity contribution in [3.63, 3.8) is 0 Å². The van der Waals surface area contributed by atoms with Crippen molar-refractivity contribution >= 4 is 5.91 Å². The van der Waals surface area contributed by atoms with Crippen LogP contribution in [0, 0.1) is 11.3 Å². The third kappa shape index (κ3) is 3.65. The first-order chi connectivity index (χ1) is 10.1. The van der Waals surface area contributed by atoms with Crippen molar-refractivity contribution in [1.82, 2.24) is 10.6 Å². The standard InChI is InChI=1S/C18H28N2O/c1-4-18(11-8-12-19-13-18)17(21)20-16(14(2)3)15-9-6-5-7-10-15/h5-7,9-10,14,16,19H,4,8,11-13H2,1-3H3,(H,20,21). The molecule has 1 amide bonds. The van der Waals surface area contributed by atoms with Gasteiger partial charge in [0.15, 0.2) is 0 Å². The minimum Gasteiger partial charge on any atom is -0.349 e. The zero-order valence-electron chi connectivity index (χ0n) is 13.5. The van der Waals surface area contributed by atoms with Gasteiger partial charge in [-0.05, 0) is 37.3 Å². The van der Waals surface area contributed by atoms with Gasteiger partial charge in [-0.1, -0.05) is 51.1 Å². The first-order valence-electron chi connectivity index (χ1n) is 8.16. The van der Waals surface area contributed by atoms with Crippen molar-refractivity contribution in [3.8, 4) is 0 Å². The summed E-state index contributed by atoms with van der Waals surface area (Å²) in [5.74, 6) is 0.585. The first kappa shape index (κ1) is 16.0. The van der Waals surface area contributed by atoms with E-state index in [4.69, 9.17) is 0 Å². The molecule has 2 N–H and O–H groups in total. The maximum atomic E-state index is 12.9. The third-order valence-electron chi connectivity index (χ3n) is 4.74. The van der Waals surface area contributed by atoms with Gasteiger partial charge in [0.1, 0.15) is 0 Å². The molecule has 2 rings (SSSR count). The molecule has 116 valence electrons.